The third-order valence-electron chi connectivity index (χ3n) is 6.71. The molecule has 8 heteroatoms. The molecule has 4 N–H and O–H groups in total. The zero-order valence-corrected chi connectivity index (χ0v) is 22.8. The molecule has 4 rings (SSSR count). The molecule has 0 spiro atoms. The van der Waals surface area contributed by atoms with Gasteiger partial charge in [-0.05, 0) is 90.4 Å². The van der Waals surface area contributed by atoms with Crippen molar-refractivity contribution in [2.45, 2.75) is 32.3 Å². The van der Waals surface area contributed by atoms with E-state index in [1.807, 2.05) is 18.2 Å². The molecular formula is C32H34O8. The Morgan fingerprint density at radius 3 is 1.68 bits per heavy atom. The monoisotopic (exact) mass is 546 g/mol. The summed E-state index contributed by atoms with van der Waals surface area (Å²) in [5.74, 6) is 2.17. The molecule has 210 valence electrons. The van der Waals surface area contributed by atoms with E-state index < -0.39 is 0 Å². The number of aryl methyl sites for hydroxylation is 4. The van der Waals surface area contributed by atoms with Gasteiger partial charge in [0.05, 0.1) is 21.3 Å². The van der Waals surface area contributed by atoms with Crippen molar-refractivity contribution >= 4 is 0 Å². The van der Waals surface area contributed by atoms with E-state index in [0.717, 1.165) is 27.8 Å². The molecule has 0 aliphatic heterocycles. The summed E-state index contributed by atoms with van der Waals surface area (Å²) < 4.78 is 22.1. The van der Waals surface area contributed by atoms with Crippen LogP contribution in [0.2, 0.25) is 0 Å². The fourth-order valence-electron chi connectivity index (χ4n) is 4.61. The number of aromatic hydroxyl groups is 4. The Morgan fingerprint density at radius 2 is 1.07 bits per heavy atom. The quantitative estimate of drug-likeness (QED) is 0.179. The third-order valence-corrected chi connectivity index (χ3v) is 6.71. The van der Waals surface area contributed by atoms with Crippen molar-refractivity contribution in [2.24, 2.45) is 0 Å². The number of benzene rings is 4. The highest BCUT2D eigenvalue weighted by Crippen LogP contribution is 2.33. The maximum absolute atomic E-state index is 10.4. The van der Waals surface area contributed by atoms with Gasteiger partial charge in [-0.2, -0.15) is 0 Å². The highest BCUT2D eigenvalue weighted by atomic mass is 16.5. The van der Waals surface area contributed by atoms with Crippen molar-refractivity contribution in [1.29, 1.82) is 0 Å². The van der Waals surface area contributed by atoms with Gasteiger partial charge in [-0.3, -0.25) is 0 Å². The molecule has 0 amide bonds. The van der Waals surface area contributed by atoms with Crippen LogP contribution in [-0.4, -0.2) is 41.8 Å². The van der Waals surface area contributed by atoms with Gasteiger partial charge in [0.1, 0.15) is 29.6 Å². The van der Waals surface area contributed by atoms with Gasteiger partial charge >= 0.3 is 0 Å². The molecule has 0 fully saturated rings. The summed E-state index contributed by atoms with van der Waals surface area (Å²) in [7, 11) is 4.56. The lowest BCUT2D eigenvalue weighted by molar-refractivity contribution is 0.293. The topological polar surface area (TPSA) is 118 Å². The minimum absolute atomic E-state index is 0.0765. The number of phenols is 4. The third kappa shape index (κ3) is 7.02. The molecule has 0 heterocycles. The Morgan fingerprint density at radius 1 is 0.525 bits per heavy atom. The number of hydrogen-bond acceptors (Lipinski definition) is 8. The predicted molar refractivity (Wildman–Crippen MR) is 151 cm³/mol. The average Bonchev–Trinajstić information content (AvgIpc) is 2.95. The van der Waals surface area contributed by atoms with Crippen LogP contribution < -0.4 is 18.9 Å². The van der Waals surface area contributed by atoms with Crippen LogP contribution in [0, 0.1) is 0 Å². The average molecular weight is 547 g/mol. The first-order chi connectivity index (χ1) is 19.3. The van der Waals surface area contributed by atoms with Crippen molar-refractivity contribution in [2.75, 3.05) is 21.3 Å². The summed E-state index contributed by atoms with van der Waals surface area (Å²) in [6.45, 7) is 0.162. The SMILES string of the molecule is COc1cc(CCc2cc(O)cc(OCc3c(CCc4ccc(O)c(OC)c4)cc(O)cc3OC)c2)ccc1O. The summed E-state index contributed by atoms with van der Waals surface area (Å²) in [4.78, 5) is 0. The minimum atomic E-state index is 0.0765. The van der Waals surface area contributed by atoms with E-state index in [9.17, 15) is 20.4 Å². The number of ether oxygens (including phenoxy) is 4. The van der Waals surface area contributed by atoms with E-state index in [1.165, 1.54) is 21.3 Å². The van der Waals surface area contributed by atoms with E-state index in [0.29, 0.717) is 48.7 Å². The maximum Gasteiger partial charge on any atom is 0.160 e. The summed E-state index contributed by atoms with van der Waals surface area (Å²) in [6, 6.07) is 18.8. The summed E-state index contributed by atoms with van der Waals surface area (Å²) in [5.41, 5.74) is 4.48. The standard InChI is InChI=1S/C32H34O8/c1-37-30-18-25(34)16-23(9-6-21-8-11-29(36)32(15-21)39-3)27(30)19-40-26-13-22(12-24(33)17-26)5-4-20-7-10-28(35)31(14-20)38-2/h7-8,10-18,33-36H,4-6,9,19H2,1-3H3. The molecule has 0 aromatic heterocycles. The second-order valence-corrected chi connectivity index (χ2v) is 9.42. The smallest absolute Gasteiger partial charge is 0.160 e. The fraction of sp³-hybridized carbons (Fsp3) is 0.250. The zero-order valence-electron chi connectivity index (χ0n) is 22.8. The van der Waals surface area contributed by atoms with Crippen LogP contribution in [0.25, 0.3) is 0 Å². The van der Waals surface area contributed by atoms with Crippen LogP contribution in [0.15, 0.2) is 66.7 Å². The molecular weight excluding hydrogens is 512 g/mol. The van der Waals surface area contributed by atoms with Crippen LogP contribution >= 0.6 is 0 Å². The van der Waals surface area contributed by atoms with Crippen molar-refractivity contribution in [1.82, 2.24) is 0 Å². The highest BCUT2D eigenvalue weighted by molar-refractivity contribution is 5.48. The lowest BCUT2D eigenvalue weighted by atomic mass is 9.98. The molecule has 40 heavy (non-hydrogen) atoms. The first kappa shape index (κ1) is 28.3. The summed E-state index contributed by atoms with van der Waals surface area (Å²) in [5, 5.41) is 40.4. The number of rotatable bonds is 12. The fourth-order valence-corrected chi connectivity index (χ4v) is 4.61. The van der Waals surface area contributed by atoms with E-state index in [2.05, 4.69) is 0 Å². The molecule has 0 aliphatic carbocycles. The van der Waals surface area contributed by atoms with E-state index in [1.54, 1.807) is 48.5 Å². The van der Waals surface area contributed by atoms with Crippen molar-refractivity contribution in [3.63, 3.8) is 0 Å². The van der Waals surface area contributed by atoms with Gasteiger partial charge in [0, 0.05) is 17.7 Å². The predicted octanol–water partition coefficient (Wildman–Crippen LogP) is 5.68. The number of phenolic OH excluding ortho intramolecular Hbond substituents is 4. The van der Waals surface area contributed by atoms with Crippen LogP contribution in [0.1, 0.15) is 27.8 Å². The first-order valence-corrected chi connectivity index (χ1v) is 12.9. The second-order valence-electron chi connectivity index (χ2n) is 9.42. The summed E-state index contributed by atoms with van der Waals surface area (Å²) in [6.07, 6.45) is 2.54. The first-order valence-electron chi connectivity index (χ1n) is 12.9. The second kappa shape index (κ2) is 12.9. The van der Waals surface area contributed by atoms with Gasteiger partial charge in [-0.15, -0.1) is 0 Å². The lowest BCUT2D eigenvalue weighted by Crippen LogP contribution is -2.05. The van der Waals surface area contributed by atoms with Crippen LogP contribution in [-0.2, 0) is 32.3 Å². The Balaban J connectivity index is 1.49. The van der Waals surface area contributed by atoms with Crippen molar-refractivity contribution in [3.05, 3.63) is 94.5 Å². The van der Waals surface area contributed by atoms with Crippen LogP contribution in [0.4, 0.5) is 0 Å². The van der Waals surface area contributed by atoms with E-state index in [-0.39, 0.29) is 29.6 Å². The Kier molecular flexibility index (Phi) is 9.11. The normalized spacial score (nSPS) is 10.8. The minimum Gasteiger partial charge on any atom is -0.508 e. The molecule has 0 saturated heterocycles. The summed E-state index contributed by atoms with van der Waals surface area (Å²) >= 11 is 0. The molecule has 0 saturated carbocycles. The van der Waals surface area contributed by atoms with Gasteiger partial charge in [0.15, 0.2) is 23.0 Å². The number of hydrogen-bond donors (Lipinski definition) is 4. The molecule has 0 unspecified atom stereocenters. The molecule has 8 nitrogen and oxygen atoms in total. The highest BCUT2D eigenvalue weighted by Gasteiger charge is 2.15. The molecule has 0 radical (unpaired) electrons. The molecule has 0 bridgehead atoms. The Hall–Kier alpha value is -4.72. The number of methoxy groups -OCH3 is 3. The molecule has 4 aromatic rings. The van der Waals surface area contributed by atoms with Gasteiger partial charge in [0.25, 0.3) is 0 Å². The zero-order chi connectivity index (χ0) is 28.6. The lowest BCUT2D eigenvalue weighted by Gasteiger charge is -2.17. The van der Waals surface area contributed by atoms with Gasteiger partial charge in [-0.1, -0.05) is 12.1 Å². The van der Waals surface area contributed by atoms with Gasteiger partial charge < -0.3 is 39.4 Å². The molecule has 0 atom stereocenters. The van der Waals surface area contributed by atoms with Gasteiger partial charge in [-0.25, -0.2) is 0 Å². The van der Waals surface area contributed by atoms with Crippen LogP contribution in [0.5, 0.6) is 46.0 Å². The van der Waals surface area contributed by atoms with Crippen LogP contribution in [0.3, 0.4) is 0 Å². The maximum atomic E-state index is 10.4. The van der Waals surface area contributed by atoms with Gasteiger partial charge in [0.2, 0.25) is 0 Å². The van der Waals surface area contributed by atoms with Crippen molar-refractivity contribution in [3.8, 4) is 46.0 Å². The van der Waals surface area contributed by atoms with E-state index >= 15 is 0 Å². The molecule has 4 aromatic carbocycles. The van der Waals surface area contributed by atoms with E-state index in [4.69, 9.17) is 18.9 Å². The largest absolute Gasteiger partial charge is 0.508 e. The van der Waals surface area contributed by atoms with Crippen molar-refractivity contribution < 1.29 is 39.4 Å². The Labute approximate surface area is 233 Å². The Bertz CT molecular complexity index is 1460. The molecule has 0 aliphatic rings.